The van der Waals surface area contributed by atoms with Crippen molar-refractivity contribution >= 4 is 28.3 Å². The average Bonchev–Trinajstić information content (AvgIpc) is 2.87. The van der Waals surface area contributed by atoms with Gasteiger partial charge in [0.25, 0.3) is 0 Å². The summed E-state index contributed by atoms with van der Waals surface area (Å²) in [4.78, 5) is 4.27. The number of nitrogens with zero attached hydrogens (tertiary/aromatic N) is 1. The smallest absolute Gasteiger partial charge is 0.0574 e. The lowest BCUT2D eigenvalue weighted by atomic mass is 10.1. The molecule has 0 aromatic carbocycles. The van der Waals surface area contributed by atoms with E-state index in [4.69, 9.17) is 5.73 Å². The average molecular weight is 264 g/mol. The van der Waals surface area contributed by atoms with Crippen molar-refractivity contribution in [3.8, 4) is 0 Å². The first-order chi connectivity index (χ1) is 5.77. The topological polar surface area (TPSA) is 38.9 Å². The van der Waals surface area contributed by atoms with Crippen molar-refractivity contribution < 1.29 is 0 Å². The molecule has 2 rings (SSSR count). The highest BCUT2D eigenvalue weighted by molar-refractivity contribution is 9.10. The third kappa shape index (κ3) is 2.66. The fraction of sp³-hybridized carbons (Fsp3) is 0.444. The second kappa shape index (κ2) is 4.40. The van der Waals surface area contributed by atoms with Gasteiger partial charge in [-0.05, 0) is 46.8 Å². The highest BCUT2D eigenvalue weighted by Crippen LogP contribution is 2.38. The molecular weight excluding hydrogens is 251 g/mol. The second-order valence-corrected chi connectivity index (χ2v) is 4.18. The Morgan fingerprint density at radius 3 is 2.62 bits per heavy atom. The molecule has 0 bridgehead atoms. The van der Waals surface area contributed by atoms with Crippen LogP contribution in [-0.2, 0) is 0 Å². The van der Waals surface area contributed by atoms with Gasteiger partial charge in [-0.1, -0.05) is 0 Å². The van der Waals surface area contributed by atoms with Crippen LogP contribution < -0.4 is 5.73 Å². The Hall–Kier alpha value is -0.120. The maximum absolute atomic E-state index is 5.97. The minimum Gasteiger partial charge on any atom is -0.322 e. The molecule has 2 nitrogen and oxygen atoms in total. The Balaban J connectivity index is 0.000000845. The van der Waals surface area contributed by atoms with Crippen LogP contribution in [0.4, 0.5) is 0 Å². The van der Waals surface area contributed by atoms with Gasteiger partial charge in [0.2, 0.25) is 0 Å². The van der Waals surface area contributed by atoms with Gasteiger partial charge in [-0.2, -0.15) is 0 Å². The van der Waals surface area contributed by atoms with Crippen LogP contribution in [0.25, 0.3) is 0 Å². The maximum atomic E-state index is 5.97. The molecule has 72 valence electrons. The predicted molar refractivity (Wildman–Crippen MR) is 58.8 cm³/mol. The molecule has 0 unspecified atom stereocenters. The fourth-order valence-electron chi connectivity index (χ4n) is 1.28. The summed E-state index contributed by atoms with van der Waals surface area (Å²) < 4.78 is 1.01. The van der Waals surface area contributed by atoms with Gasteiger partial charge in [-0.3, -0.25) is 4.98 Å². The van der Waals surface area contributed by atoms with Crippen molar-refractivity contribution in [2.24, 2.45) is 11.7 Å². The first-order valence-corrected chi connectivity index (χ1v) is 4.93. The first kappa shape index (κ1) is 11.0. The number of pyridine rings is 1. The van der Waals surface area contributed by atoms with Crippen LogP contribution in [0.1, 0.15) is 24.6 Å². The van der Waals surface area contributed by atoms with E-state index in [0.717, 1.165) is 10.2 Å². The van der Waals surface area contributed by atoms with E-state index in [1.165, 1.54) is 12.8 Å². The monoisotopic (exact) mass is 262 g/mol. The second-order valence-electron chi connectivity index (χ2n) is 3.26. The van der Waals surface area contributed by atoms with Crippen LogP contribution in [0.2, 0.25) is 0 Å². The van der Waals surface area contributed by atoms with E-state index >= 15 is 0 Å². The lowest BCUT2D eigenvalue weighted by molar-refractivity contribution is 0.614. The van der Waals surface area contributed by atoms with Crippen molar-refractivity contribution in [1.29, 1.82) is 0 Å². The molecule has 2 N–H and O–H groups in total. The fourth-order valence-corrected chi connectivity index (χ4v) is 1.52. The molecule has 0 aliphatic heterocycles. The number of aromatic nitrogens is 1. The van der Waals surface area contributed by atoms with Gasteiger partial charge in [0.1, 0.15) is 0 Å². The highest BCUT2D eigenvalue weighted by Gasteiger charge is 2.30. The van der Waals surface area contributed by atoms with E-state index in [1.807, 2.05) is 12.1 Å². The van der Waals surface area contributed by atoms with Crippen molar-refractivity contribution in [2.75, 3.05) is 0 Å². The van der Waals surface area contributed by atoms with Gasteiger partial charge >= 0.3 is 0 Å². The Bertz CT molecular complexity index is 271. The lowest BCUT2D eigenvalue weighted by Crippen LogP contribution is -2.13. The summed E-state index contributed by atoms with van der Waals surface area (Å²) in [6.45, 7) is 0. The Morgan fingerprint density at radius 2 is 2.15 bits per heavy atom. The molecule has 0 spiro atoms. The molecule has 1 fully saturated rings. The maximum Gasteiger partial charge on any atom is 0.0574 e. The molecule has 4 heteroatoms. The summed E-state index contributed by atoms with van der Waals surface area (Å²) in [5.74, 6) is 0.679. The zero-order valence-corrected chi connectivity index (χ0v) is 9.51. The van der Waals surface area contributed by atoms with E-state index < -0.39 is 0 Å². The quantitative estimate of drug-likeness (QED) is 0.891. The normalized spacial score (nSPS) is 17.7. The number of hydrogen-bond donors (Lipinski definition) is 1. The third-order valence-electron chi connectivity index (χ3n) is 2.22. The molecule has 1 aliphatic carbocycles. The molecule has 1 heterocycles. The Labute approximate surface area is 92.5 Å². The van der Waals surface area contributed by atoms with Crippen LogP contribution >= 0.6 is 28.3 Å². The van der Waals surface area contributed by atoms with Crippen molar-refractivity contribution in [1.82, 2.24) is 4.98 Å². The molecular formula is C9H12BrClN2. The largest absolute Gasteiger partial charge is 0.322 e. The molecule has 1 aromatic heterocycles. The van der Waals surface area contributed by atoms with E-state index in [-0.39, 0.29) is 18.4 Å². The number of hydrogen-bond acceptors (Lipinski definition) is 2. The molecule has 1 aliphatic rings. The molecule has 0 saturated heterocycles. The first-order valence-electron chi connectivity index (χ1n) is 4.14. The van der Waals surface area contributed by atoms with E-state index in [2.05, 4.69) is 20.9 Å². The summed E-state index contributed by atoms with van der Waals surface area (Å²) >= 11 is 3.34. The van der Waals surface area contributed by atoms with Gasteiger partial charge in [0, 0.05) is 16.7 Å². The SMILES string of the molecule is Cl.N[C@H](c1ccc(Br)cn1)C1CC1. The summed E-state index contributed by atoms with van der Waals surface area (Å²) in [6, 6.07) is 4.13. The highest BCUT2D eigenvalue weighted by atomic mass is 79.9. The minimum absolute atomic E-state index is 0. The van der Waals surface area contributed by atoms with Crippen molar-refractivity contribution in [3.05, 3.63) is 28.5 Å². The molecule has 0 amide bonds. The summed E-state index contributed by atoms with van der Waals surface area (Å²) in [7, 11) is 0. The van der Waals surface area contributed by atoms with Crippen LogP contribution in [0.3, 0.4) is 0 Å². The zero-order valence-electron chi connectivity index (χ0n) is 7.11. The standard InChI is InChI=1S/C9H11BrN2.ClH/c10-7-3-4-8(12-5-7)9(11)6-1-2-6;/h3-6,9H,1-2,11H2;1H/t9-;/m0./s1. The Kier molecular flexibility index (Phi) is 3.71. The van der Waals surface area contributed by atoms with Crippen LogP contribution in [0.15, 0.2) is 22.8 Å². The van der Waals surface area contributed by atoms with Crippen LogP contribution in [0, 0.1) is 5.92 Å². The van der Waals surface area contributed by atoms with Gasteiger partial charge in [0.15, 0.2) is 0 Å². The molecule has 0 radical (unpaired) electrons. The van der Waals surface area contributed by atoms with E-state index in [0.29, 0.717) is 5.92 Å². The van der Waals surface area contributed by atoms with Crippen molar-refractivity contribution in [2.45, 2.75) is 18.9 Å². The molecule has 1 atom stereocenters. The van der Waals surface area contributed by atoms with Crippen molar-refractivity contribution in [3.63, 3.8) is 0 Å². The van der Waals surface area contributed by atoms with Crippen LogP contribution in [-0.4, -0.2) is 4.98 Å². The zero-order chi connectivity index (χ0) is 8.55. The predicted octanol–water partition coefficient (Wildman–Crippen LogP) is 2.68. The summed E-state index contributed by atoms with van der Waals surface area (Å²) in [6.07, 6.45) is 4.33. The number of rotatable bonds is 2. The molecule has 1 saturated carbocycles. The third-order valence-corrected chi connectivity index (χ3v) is 2.69. The Morgan fingerprint density at radius 1 is 1.46 bits per heavy atom. The van der Waals surface area contributed by atoms with Gasteiger partial charge < -0.3 is 5.73 Å². The van der Waals surface area contributed by atoms with E-state index in [9.17, 15) is 0 Å². The molecule has 1 aromatic rings. The number of nitrogens with two attached hydrogens (primary N) is 1. The van der Waals surface area contributed by atoms with E-state index in [1.54, 1.807) is 6.20 Å². The number of halogens is 2. The minimum atomic E-state index is 0. The van der Waals surface area contributed by atoms with Gasteiger partial charge in [-0.15, -0.1) is 12.4 Å². The van der Waals surface area contributed by atoms with Gasteiger partial charge in [-0.25, -0.2) is 0 Å². The summed E-state index contributed by atoms with van der Waals surface area (Å²) in [5, 5.41) is 0. The van der Waals surface area contributed by atoms with Gasteiger partial charge in [0.05, 0.1) is 5.69 Å². The summed E-state index contributed by atoms with van der Waals surface area (Å²) in [5.41, 5.74) is 6.99. The lowest BCUT2D eigenvalue weighted by Gasteiger charge is -2.08. The molecule has 13 heavy (non-hydrogen) atoms. The van der Waals surface area contributed by atoms with Crippen LogP contribution in [0.5, 0.6) is 0 Å².